The highest BCUT2D eigenvalue weighted by Gasteiger charge is 2.23. The molecule has 1 aliphatic heterocycles. The van der Waals surface area contributed by atoms with Gasteiger partial charge in [0.15, 0.2) is 5.78 Å². The quantitative estimate of drug-likeness (QED) is 0.647. The Bertz CT molecular complexity index is 1020. The van der Waals surface area contributed by atoms with E-state index in [1.807, 2.05) is 49.4 Å². The van der Waals surface area contributed by atoms with Gasteiger partial charge >= 0.3 is 0 Å². The number of para-hydroxylation sites is 1. The van der Waals surface area contributed by atoms with Crippen molar-refractivity contribution < 1.29 is 4.79 Å². The maximum Gasteiger partial charge on any atom is 0.179 e. The van der Waals surface area contributed by atoms with Gasteiger partial charge in [-0.05, 0) is 63.2 Å². The number of carbonyl (C=O) groups is 1. The van der Waals surface area contributed by atoms with Crippen molar-refractivity contribution in [3.63, 3.8) is 0 Å². The van der Waals surface area contributed by atoms with Crippen molar-refractivity contribution >= 4 is 16.7 Å². The molecular formula is C23H23N3O. The second-order valence-electron chi connectivity index (χ2n) is 7.23. The molecule has 0 bridgehead atoms. The number of ketones is 1. The number of nitrogens with zero attached hydrogens (tertiary/aromatic N) is 3. The van der Waals surface area contributed by atoms with Crippen LogP contribution < -0.4 is 0 Å². The zero-order chi connectivity index (χ0) is 18.8. The van der Waals surface area contributed by atoms with Crippen molar-refractivity contribution in [2.75, 3.05) is 19.6 Å². The highest BCUT2D eigenvalue weighted by Crippen LogP contribution is 2.30. The van der Waals surface area contributed by atoms with Crippen LogP contribution in [0.25, 0.3) is 16.6 Å². The van der Waals surface area contributed by atoms with E-state index in [0.29, 0.717) is 12.1 Å². The van der Waals surface area contributed by atoms with E-state index < -0.39 is 0 Å². The van der Waals surface area contributed by atoms with Crippen LogP contribution in [0.5, 0.6) is 0 Å². The first kappa shape index (κ1) is 17.5. The highest BCUT2D eigenvalue weighted by atomic mass is 16.1. The van der Waals surface area contributed by atoms with Gasteiger partial charge in [-0.25, -0.2) is 0 Å². The lowest BCUT2D eigenvalue weighted by Crippen LogP contribution is -2.34. The predicted molar refractivity (Wildman–Crippen MR) is 107 cm³/mol. The van der Waals surface area contributed by atoms with Gasteiger partial charge in [0.25, 0.3) is 0 Å². The molecule has 3 aromatic rings. The molecule has 27 heavy (non-hydrogen) atoms. The third kappa shape index (κ3) is 3.27. The van der Waals surface area contributed by atoms with Crippen LogP contribution in [0.15, 0.2) is 48.5 Å². The van der Waals surface area contributed by atoms with Gasteiger partial charge in [-0.15, -0.1) is 0 Å². The van der Waals surface area contributed by atoms with Crippen molar-refractivity contribution in [3.05, 3.63) is 65.4 Å². The van der Waals surface area contributed by atoms with Crippen LogP contribution in [0.4, 0.5) is 0 Å². The minimum atomic E-state index is 0.193. The molecule has 0 spiro atoms. The molecule has 1 fully saturated rings. The van der Waals surface area contributed by atoms with Crippen LogP contribution in [-0.2, 0) is 0 Å². The molecule has 0 saturated carbocycles. The molecule has 4 rings (SSSR count). The largest absolute Gasteiger partial charge is 0.313 e. The first-order valence-electron chi connectivity index (χ1n) is 9.55. The van der Waals surface area contributed by atoms with Gasteiger partial charge in [0.2, 0.25) is 0 Å². The normalized spacial score (nSPS) is 15.0. The summed E-state index contributed by atoms with van der Waals surface area (Å²) in [6.45, 7) is 4.53. The third-order valence-corrected chi connectivity index (χ3v) is 5.46. The molecule has 0 aliphatic carbocycles. The molecule has 2 aromatic carbocycles. The SMILES string of the molecule is Cc1c(C(=O)CN2CCCCC2)c2ccccc2n1-c1ccc(C#N)cc1. The number of nitriles is 1. The van der Waals surface area contributed by atoms with Crippen LogP contribution >= 0.6 is 0 Å². The summed E-state index contributed by atoms with van der Waals surface area (Å²) >= 11 is 0. The summed E-state index contributed by atoms with van der Waals surface area (Å²) in [5.74, 6) is 0.193. The van der Waals surface area contributed by atoms with Gasteiger partial charge in [0.05, 0.1) is 23.7 Å². The van der Waals surface area contributed by atoms with E-state index in [9.17, 15) is 4.79 Å². The van der Waals surface area contributed by atoms with E-state index in [1.165, 1.54) is 19.3 Å². The maximum atomic E-state index is 13.2. The molecule has 1 aliphatic rings. The number of hydrogen-bond acceptors (Lipinski definition) is 3. The monoisotopic (exact) mass is 357 g/mol. The van der Waals surface area contributed by atoms with Gasteiger partial charge < -0.3 is 4.57 Å². The molecular weight excluding hydrogens is 334 g/mol. The lowest BCUT2D eigenvalue weighted by atomic mass is 10.0. The number of carbonyl (C=O) groups excluding carboxylic acids is 1. The molecule has 1 saturated heterocycles. The molecule has 0 unspecified atom stereocenters. The standard InChI is InChI=1S/C23H23N3O/c1-17-23(22(27)16-25-13-5-2-6-14-25)20-7-3-4-8-21(20)26(17)19-11-9-18(15-24)10-12-19/h3-4,7-12H,2,5-6,13-14,16H2,1H3. The number of fused-ring (bicyclic) bond motifs is 1. The minimum Gasteiger partial charge on any atom is -0.313 e. The molecule has 4 heteroatoms. The Hall–Kier alpha value is -2.90. The van der Waals surface area contributed by atoms with E-state index in [1.54, 1.807) is 0 Å². The zero-order valence-corrected chi connectivity index (χ0v) is 15.6. The lowest BCUT2D eigenvalue weighted by molar-refractivity contribution is 0.0916. The average molecular weight is 357 g/mol. The molecule has 0 radical (unpaired) electrons. The summed E-state index contributed by atoms with van der Waals surface area (Å²) in [7, 11) is 0. The van der Waals surface area contributed by atoms with Gasteiger partial charge in [0.1, 0.15) is 0 Å². The topological polar surface area (TPSA) is 49.0 Å². The predicted octanol–water partition coefficient (Wildman–Crippen LogP) is 4.48. The van der Waals surface area contributed by atoms with Gasteiger partial charge in [-0.1, -0.05) is 24.6 Å². The lowest BCUT2D eigenvalue weighted by Gasteiger charge is -2.25. The van der Waals surface area contributed by atoms with E-state index in [2.05, 4.69) is 21.6 Å². The number of benzene rings is 2. The molecule has 136 valence electrons. The van der Waals surface area contributed by atoms with Crippen molar-refractivity contribution in [2.45, 2.75) is 26.2 Å². The van der Waals surface area contributed by atoms with E-state index in [0.717, 1.165) is 40.9 Å². The number of rotatable bonds is 4. The van der Waals surface area contributed by atoms with Gasteiger partial charge in [-0.2, -0.15) is 5.26 Å². The summed E-state index contributed by atoms with van der Waals surface area (Å²) in [5, 5.41) is 10.1. The summed E-state index contributed by atoms with van der Waals surface area (Å²) < 4.78 is 2.12. The Kier molecular flexibility index (Phi) is 4.79. The van der Waals surface area contributed by atoms with Gasteiger partial charge in [0, 0.05) is 22.3 Å². The first-order chi connectivity index (χ1) is 13.2. The molecule has 2 heterocycles. The van der Waals surface area contributed by atoms with Crippen molar-refractivity contribution in [1.82, 2.24) is 9.47 Å². The average Bonchev–Trinajstić information content (AvgIpc) is 3.00. The second kappa shape index (κ2) is 7.38. The van der Waals surface area contributed by atoms with E-state index in [4.69, 9.17) is 5.26 Å². The first-order valence-corrected chi connectivity index (χ1v) is 9.55. The van der Waals surface area contributed by atoms with Crippen LogP contribution in [0.2, 0.25) is 0 Å². The summed E-state index contributed by atoms with van der Waals surface area (Å²) in [6, 6.07) is 17.8. The van der Waals surface area contributed by atoms with E-state index in [-0.39, 0.29) is 5.78 Å². The fourth-order valence-electron chi connectivity index (χ4n) is 4.14. The van der Waals surface area contributed by atoms with Crippen molar-refractivity contribution in [1.29, 1.82) is 5.26 Å². The molecule has 0 N–H and O–H groups in total. The summed E-state index contributed by atoms with van der Waals surface area (Å²) in [4.78, 5) is 15.5. The van der Waals surface area contributed by atoms with Crippen molar-refractivity contribution in [2.24, 2.45) is 0 Å². The van der Waals surface area contributed by atoms with Gasteiger partial charge in [-0.3, -0.25) is 9.69 Å². The Morgan fingerprint density at radius 3 is 2.44 bits per heavy atom. The second-order valence-corrected chi connectivity index (χ2v) is 7.23. The molecule has 0 amide bonds. The fourth-order valence-corrected chi connectivity index (χ4v) is 4.14. The molecule has 1 aromatic heterocycles. The van der Waals surface area contributed by atoms with E-state index >= 15 is 0 Å². The number of piperidine rings is 1. The smallest absolute Gasteiger partial charge is 0.179 e. The fraction of sp³-hybridized carbons (Fsp3) is 0.304. The van der Waals surface area contributed by atoms with Crippen LogP contribution in [0.3, 0.4) is 0 Å². The van der Waals surface area contributed by atoms with Crippen LogP contribution in [-0.4, -0.2) is 34.9 Å². The zero-order valence-electron chi connectivity index (χ0n) is 15.6. The Labute approximate surface area is 159 Å². The Morgan fingerprint density at radius 2 is 1.74 bits per heavy atom. The van der Waals surface area contributed by atoms with Crippen LogP contribution in [0.1, 0.15) is 40.9 Å². The minimum absolute atomic E-state index is 0.193. The maximum absolute atomic E-state index is 13.2. The Morgan fingerprint density at radius 1 is 1.04 bits per heavy atom. The van der Waals surface area contributed by atoms with Crippen LogP contribution in [0, 0.1) is 18.3 Å². The highest BCUT2D eigenvalue weighted by molar-refractivity contribution is 6.10. The van der Waals surface area contributed by atoms with Crippen molar-refractivity contribution in [3.8, 4) is 11.8 Å². The number of hydrogen-bond donors (Lipinski definition) is 0. The summed E-state index contributed by atoms with van der Waals surface area (Å²) in [6.07, 6.45) is 3.63. The number of Topliss-reactive ketones (excluding diaryl/α,β-unsaturated/α-hetero) is 1. The summed E-state index contributed by atoms with van der Waals surface area (Å²) in [5.41, 5.74) is 4.42. The molecule has 4 nitrogen and oxygen atoms in total. The number of aromatic nitrogens is 1. The third-order valence-electron chi connectivity index (χ3n) is 5.46. The Balaban J connectivity index is 1.78. The molecule has 0 atom stereocenters. The number of likely N-dealkylation sites (tertiary alicyclic amines) is 1.